The highest BCUT2D eigenvalue weighted by atomic mass is 35.5. The fourth-order valence-electron chi connectivity index (χ4n) is 5.16. The van der Waals surface area contributed by atoms with Crippen LogP contribution in [0.3, 0.4) is 0 Å². The van der Waals surface area contributed by atoms with Crippen molar-refractivity contribution in [3.63, 3.8) is 0 Å². The predicted molar refractivity (Wildman–Crippen MR) is 195 cm³/mol. The van der Waals surface area contributed by atoms with E-state index in [-0.39, 0.29) is 23.0 Å². The molecule has 0 aliphatic carbocycles. The van der Waals surface area contributed by atoms with Crippen LogP contribution < -0.4 is 14.9 Å². The molecule has 0 spiro atoms. The van der Waals surface area contributed by atoms with E-state index in [1.165, 1.54) is 89.3 Å². The van der Waals surface area contributed by atoms with Crippen LogP contribution in [0.25, 0.3) is 0 Å². The number of hydrogen-bond donors (Lipinski definition) is 1. The normalized spacial score (nSPS) is 11.1. The Morgan fingerprint density at radius 1 is 0.625 bits per heavy atom. The molecule has 1 amide bonds. The molecule has 0 heterocycles. The first kappa shape index (κ1) is 38.8. The third-order valence-corrected chi connectivity index (χ3v) is 8.46. The summed E-state index contributed by atoms with van der Waals surface area (Å²) in [6, 6.07) is 17.1. The molecule has 0 aromatic heterocycles. The van der Waals surface area contributed by atoms with Gasteiger partial charge in [-0.3, -0.25) is 4.79 Å². The molecule has 0 radical (unpaired) electrons. The van der Waals surface area contributed by atoms with Crippen LogP contribution in [0, 0.1) is 0 Å². The van der Waals surface area contributed by atoms with Gasteiger partial charge in [0.25, 0.3) is 0 Å². The Kier molecular flexibility index (Phi) is 18.4. The lowest BCUT2D eigenvalue weighted by molar-refractivity contribution is -0.121. The van der Waals surface area contributed by atoms with Crippen molar-refractivity contribution < 1.29 is 23.9 Å². The molecule has 0 unspecified atom stereocenters. The SMILES string of the molecule is CCCCCCCCCCCCCCCCCC(=O)N/N=C/c1ccc(OC(=O)c2ccc(Cl)cc2)cc1OC(=O)c1ccc(Cl)cc1. The number of ether oxygens (including phenoxy) is 2. The largest absolute Gasteiger partial charge is 0.423 e. The summed E-state index contributed by atoms with van der Waals surface area (Å²) in [5.41, 5.74) is 3.54. The molecule has 0 atom stereocenters. The lowest BCUT2D eigenvalue weighted by atomic mass is 10.0. The van der Waals surface area contributed by atoms with Crippen molar-refractivity contribution in [1.29, 1.82) is 0 Å². The third kappa shape index (κ3) is 15.5. The van der Waals surface area contributed by atoms with Crippen molar-refractivity contribution in [3.8, 4) is 11.5 Å². The Hall–Kier alpha value is -3.68. The number of hydrogen-bond acceptors (Lipinski definition) is 6. The van der Waals surface area contributed by atoms with E-state index < -0.39 is 11.9 Å². The molecule has 0 aliphatic heterocycles. The molecular weight excluding hydrogens is 647 g/mol. The Balaban J connectivity index is 1.42. The van der Waals surface area contributed by atoms with Gasteiger partial charge in [0.2, 0.25) is 5.91 Å². The van der Waals surface area contributed by atoms with Gasteiger partial charge in [0.15, 0.2) is 0 Å². The number of halogens is 2. The Morgan fingerprint density at radius 3 is 1.58 bits per heavy atom. The van der Waals surface area contributed by atoms with Crippen molar-refractivity contribution in [2.45, 2.75) is 110 Å². The molecule has 3 aromatic carbocycles. The maximum atomic E-state index is 12.9. The molecule has 48 heavy (non-hydrogen) atoms. The number of unbranched alkanes of at least 4 members (excludes halogenated alkanes) is 14. The van der Waals surface area contributed by atoms with Crippen LogP contribution in [0.15, 0.2) is 71.8 Å². The zero-order valence-corrected chi connectivity index (χ0v) is 29.5. The number of nitrogens with zero attached hydrogens (tertiary/aromatic N) is 1. The first-order chi connectivity index (χ1) is 23.4. The summed E-state index contributed by atoms with van der Waals surface area (Å²) >= 11 is 11.9. The Labute approximate surface area is 295 Å². The Morgan fingerprint density at radius 2 is 1.08 bits per heavy atom. The lowest BCUT2D eigenvalue weighted by Crippen LogP contribution is -2.17. The summed E-state index contributed by atoms with van der Waals surface area (Å²) < 4.78 is 11.1. The van der Waals surface area contributed by atoms with E-state index >= 15 is 0 Å². The van der Waals surface area contributed by atoms with Gasteiger partial charge in [-0.2, -0.15) is 5.10 Å². The minimum absolute atomic E-state index is 0.0942. The molecule has 3 rings (SSSR count). The molecule has 0 saturated heterocycles. The molecule has 0 bridgehead atoms. The van der Waals surface area contributed by atoms with Crippen LogP contribution in [0.2, 0.25) is 10.0 Å². The van der Waals surface area contributed by atoms with Gasteiger partial charge in [0.05, 0.1) is 17.3 Å². The van der Waals surface area contributed by atoms with Crippen LogP contribution in [0.1, 0.15) is 136 Å². The zero-order chi connectivity index (χ0) is 34.4. The van der Waals surface area contributed by atoms with Crippen molar-refractivity contribution in [2.24, 2.45) is 5.10 Å². The highest BCUT2D eigenvalue weighted by Gasteiger charge is 2.15. The quantitative estimate of drug-likeness (QED) is 0.0371. The highest BCUT2D eigenvalue weighted by Crippen LogP contribution is 2.26. The van der Waals surface area contributed by atoms with Gasteiger partial charge >= 0.3 is 11.9 Å². The van der Waals surface area contributed by atoms with Crippen molar-refractivity contribution in [3.05, 3.63) is 93.5 Å². The molecule has 0 aliphatic rings. The summed E-state index contributed by atoms with van der Waals surface area (Å²) in [6.07, 6.45) is 20.8. The number of rotatable bonds is 22. The molecule has 9 heteroatoms. The zero-order valence-electron chi connectivity index (χ0n) is 28.0. The fraction of sp³-hybridized carbons (Fsp3) is 0.436. The van der Waals surface area contributed by atoms with Gasteiger partial charge in [0.1, 0.15) is 11.5 Å². The summed E-state index contributed by atoms with van der Waals surface area (Å²) in [5.74, 6) is -1.18. The molecular formula is C39H48Cl2N2O5. The number of nitrogens with one attached hydrogen (secondary N) is 1. The highest BCUT2D eigenvalue weighted by molar-refractivity contribution is 6.31. The fourth-order valence-corrected chi connectivity index (χ4v) is 5.41. The van der Waals surface area contributed by atoms with Crippen molar-refractivity contribution in [2.75, 3.05) is 0 Å². The second-order valence-corrected chi connectivity index (χ2v) is 12.9. The number of amides is 1. The monoisotopic (exact) mass is 694 g/mol. The lowest BCUT2D eigenvalue weighted by Gasteiger charge is -2.11. The second kappa shape index (κ2) is 22.8. The van der Waals surface area contributed by atoms with E-state index in [1.807, 2.05) is 0 Å². The van der Waals surface area contributed by atoms with E-state index in [2.05, 4.69) is 17.5 Å². The second-order valence-electron chi connectivity index (χ2n) is 12.0. The van der Waals surface area contributed by atoms with E-state index in [0.29, 0.717) is 27.6 Å². The minimum atomic E-state index is -0.639. The first-order valence-electron chi connectivity index (χ1n) is 17.3. The molecule has 0 saturated carbocycles. The van der Waals surface area contributed by atoms with Gasteiger partial charge in [-0.15, -0.1) is 0 Å². The van der Waals surface area contributed by atoms with Crippen LogP contribution in [-0.2, 0) is 4.79 Å². The average Bonchev–Trinajstić information content (AvgIpc) is 3.08. The van der Waals surface area contributed by atoms with Gasteiger partial charge in [-0.1, -0.05) is 120 Å². The Bertz CT molecular complexity index is 1440. The average molecular weight is 696 g/mol. The van der Waals surface area contributed by atoms with Gasteiger partial charge in [-0.05, 0) is 67.1 Å². The third-order valence-electron chi connectivity index (χ3n) is 7.96. The first-order valence-corrected chi connectivity index (χ1v) is 18.0. The van der Waals surface area contributed by atoms with Crippen LogP contribution >= 0.6 is 23.2 Å². The van der Waals surface area contributed by atoms with Gasteiger partial charge in [-0.25, -0.2) is 15.0 Å². The minimum Gasteiger partial charge on any atom is -0.423 e. The molecule has 3 aromatic rings. The smallest absolute Gasteiger partial charge is 0.343 e. The molecule has 258 valence electrons. The number of benzene rings is 3. The molecule has 7 nitrogen and oxygen atoms in total. The van der Waals surface area contributed by atoms with E-state index in [1.54, 1.807) is 60.7 Å². The summed E-state index contributed by atoms with van der Waals surface area (Å²) in [6.45, 7) is 2.26. The molecule has 0 fully saturated rings. The number of carbonyl (C=O) groups excluding carboxylic acids is 3. The van der Waals surface area contributed by atoms with Crippen LogP contribution in [0.5, 0.6) is 11.5 Å². The number of hydrazone groups is 1. The standard InChI is InChI=1S/C39H48Cl2N2O5/c1-2-3-4-5-6-7-8-9-10-11-12-13-14-15-16-17-37(44)43-42-29-32-22-27-35(47-38(45)30-18-23-33(40)24-19-30)28-36(32)48-39(46)31-20-25-34(41)26-21-31/h18-29H,2-17H2,1H3,(H,43,44)/b42-29+. The maximum Gasteiger partial charge on any atom is 0.343 e. The van der Waals surface area contributed by atoms with Gasteiger partial charge < -0.3 is 9.47 Å². The van der Waals surface area contributed by atoms with E-state index in [9.17, 15) is 14.4 Å². The summed E-state index contributed by atoms with van der Waals surface area (Å²) in [5, 5.41) is 5.05. The maximum absolute atomic E-state index is 12.9. The van der Waals surface area contributed by atoms with Crippen LogP contribution in [-0.4, -0.2) is 24.1 Å². The van der Waals surface area contributed by atoms with E-state index in [0.717, 1.165) is 19.3 Å². The van der Waals surface area contributed by atoms with Gasteiger partial charge in [0, 0.05) is 28.1 Å². The topological polar surface area (TPSA) is 94.1 Å². The van der Waals surface area contributed by atoms with Crippen molar-refractivity contribution in [1.82, 2.24) is 5.43 Å². The summed E-state index contributed by atoms with van der Waals surface area (Å²) in [4.78, 5) is 37.9. The summed E-state index contributed by atoms with van der Waals surface area (Å²) in [7, 11) is 0. The predicted octanol–water partition coefficient (Wildman–Crippen LogP) is 11.1. The van der Waals surface area contributed by atoms with Crippen LogP contribution in [0.4, 0.5) is 0 Å². The molecule has 1 N–H and O–H groups in total. The number of esters is 2. The number of carbonyl (C=O) groups is 3. The van der Waals surface area contributed by atoms with E-state index in [4.69, 9.17) is 32.7 Å². The van der Waals surface area contributed by atoms with Crippen molar-refractivity contribution >= 4 is 47.3 Å².